The van der Waals surface area contributed by atoms with Crippen molar-refractivity contribution in [2.75, 3.05) is 33.4 Å². The summed E-state index contributed by atoms with van der Waals surface area (Å²) in [5, 5.41) is 1.62. The Balaban J connectivity index is 2.21. The smallest absolute Gasteiger partial charge is 0.128 e. The van der Waals surface area contributed by atoms with Crippen molar-refractivity contribution >= 4 is 11.4 Å². The minimum Gasteiger partial charge on any atom is -0.497 e. The maximum Gasteiger partial charge on any atom is 0.128 e. The Hall–Kier alpha value is -2.60. The van der Waals surface area contributed by atoms with Crippen molar-refractivity contribution in [3.63, 3.8) is 0 Å². The average molecular weight is 316 g/mol. The third-order valence-electron chi connectivity index (χ3n) is 4.10. The summed E-state index contributed by atoms with van der Waals surface area (Å²) in [5.41, 5.74) is 3.66. The predicted molar refractivity (Wildman–Crippen MR) is 88.2 cm³/mol. The van der Waals surface area contributed by atoms with Gasteiger partial charge in [-0.1, -0.05) is 0 Å². The van der Waals surface area contributed by atoms with Crippen molar-refractivity contribution in [1.29, 1.82) is 0 Å². The molecule has 122 valence electrons. The number of methoxy groups -OCH3 is 4. The molecule has 0 bridgehead atoms. The Morgan fingerprint density at radius 1 is 0.739 bits per heavy atom. The van der Waals surface area contributed by atoms with Crippen LogP contribution in [0.4, 0.5) is 11.4 Å². The summed E-state index contributed by atoms with van der Waals surface area (Å²) in [6.07, 6.45) is 0.651. The molecule has 6 heteroatoms. The highest BCUT2D eigenvalue weighted by Crippen LogP contribution is 2.47. The molecule has 0 saturated carbocycles. The van der Waals surface area contributed by atoms with Gasteiger partial charge in [-0.05, 0) is 0 Å². The van der Waals surface area contributed by atoms with Crippen LogP contribution in [0, 0.1) is 0 Å². The molecule has 2 aromatic rings. The molecule has 0 atom stereocenters. The molecule has 2 aromatic carbocycles. The number of anilines is 2. The highest BCUT2D eigenvalue weighted by molar-refractivity contribution is 5.79. The fourth-order valence-electron chi connectivity index (χ4n) is 2.90. The van der Waals surface area contributed by atoms with E-state index in [1.807, 2.05) is 24.3 Å². The van der Waals surface area contributed by atoms with Gasteiger partial charge in [0.1, 0.15) is 23.0 Å². The van der Waals surface area contributed by atoms with Crippen molar-refractivity contribution in [2.24, 2.45) is 5.84 Å². The second kappa shape index (κ2) is 5.89. The van der Waals surface area contributed by atoms with Crippen molar-refractivity contribution in [3.8, 4) is 23.0 Å². The third kappa shape index (κ3) is 2.41. The van der Waals surface area contributed by atoms with Gasteiger partial charge in [-0.15, -0.1) is 0 Å². The van der Waals surface area contributed by atoms with E-state index in [9.17, 15) is 0 Å². The Morgan fingerprint density at radius 2 is 1.17 bits per heavy atom. The number of ether oxygens (including phenoxy) is 4. The van der Waals surface area contributed by atoms with Gasteiger partial charge < -0.3 is 18.9 Å². The Bertz CT molecular complexity index is 684. The van der Waals surface area contributed by atoms with E-state index in [2.05, 4.69) is 0 Å². The van der Waals surface area contributed by atoms with Crippen molar-refractivity contribution in [1.82, 2.24) is 0 Å². The standard InChI is InChI=1S/C17H20N2O4/c1-20-10-5-14-12(16(7-10)22-3)9-13-15(19(14)18)6-11(21-2)8-17(13)23-4/h5-8H,9,18H2,1-4H3. The molecule has 0 aromatic heterocycles. The van der Waals surface area contributed by atoms with Crippen LogP contribution in [0.2, 0.25) is 0 Å². The maximum absolute atomic E-state index is 6.36. The van der Waals surface area contributed by atoms with E-state index in [1.165, 1.54) is 0 Å². The first-order chi connectivity index (χ1) is 11.1. The van der Waals surface area contributed by atoms with Gasteiger partial charge in [-0.25, -0.2) is 5.84 Å². The molecule has 3 rings (SSSR count). The zero-order valence-corrected chi connectivity index (χ0v) is 13.7. The second-order valence-electron chi connectivity index (χ2n) is 5.20. The van der Waals surface area contributed by atoms with Crippen LogP contribution in [0.5, 0.6) is 23.0 Å². The van der Waals surface area contributed by atoms with Crippen LogP contribution in [0.3, 0.4) is 0 Å². The number of nitrogens with two attached hydrogens (primary N) is 1. The Labute approximate surface area is 135 Å². The zero-order valence-electron chi connectivity index (χ0n) is 13.7. The molecule has 1 aliphatic heterocycles. The number of hydrogen-bond acceptors (Lipinski definition) is 6. The molecular weight excluding hydrogens is 296 g/mol. The number of benzene rings is 2. The summed E-state index contributed by atoms with van der Waals surface area (Å²) in [4.78, 5) is 0. The van der Waals surface area contributed by atoms with Crippen molar-refractivity contribution in [2.45, 2.75) is 6.42 Å². The summed E-state index contributed by atoms with van der Waals surface area (Å²) < 4.78 is 21.7. The van der Waals surface area contributed by atoms with Crippen LogP contribution in [0.1, 0.15) is 11.1 Å². The lowest BCUT2D eigenvalue weighted by molar-refractivity contribution is 0.387. The van der Waals surface area contributed by atoms with E-state index in [0.717, 1.165) is 34.0 Å². The van der Waals surface area contributed by atoms with Crippen molar-refractivity contribution in [3.05, 3.63) is 35.4 Å². The largest absolute Gasteiger partial charge is 0.497 e. The number of nitrogens with zero attached hydrogens (tertiary/aromatic N) is 1. The third-order valence-corrected chi connectivity index (χ3v) is 4.10. The number of hydrazine groups is 1. The molecule has 0 unspecified atom stereocenters. The monoisotopic (exact) mass is 316 g/mol. The van der Waals surface area contributed by atoms with Crippen LogP contribution < -0.4 is 29.8 Å². The quantitative estimate of drug-likeness (QED) is 0.875. The van der Waals surface area contributed by atoms with Crippen LogP contribution >= 0.6 is 0 Å². The van der Waals surface area contributed by atoms with Gasteiger partial charge in [0.15, 0.2) is 0 Å². The van der Waals surface area contributed by atoms with Gasteiger partial charge in [0, 0.05) is 41.8 Å². The minimum absolute atomic E-state index is 0.651. The predicted octanol–water partition coefficient (Wildman–Crippen LogP) is 2.64. The summed E-state index contributed by atoms with van der Waals surface area (Å²) in [7, 11) is 6.50. The second-order valence-corrected chi connectivity index (χ2v) is 5.20. The van der Waals surface area contributed by atoms with E-state index in [-0.39, 0.29) is 0 Å². The van der Waals surface area contributed by atoms with Gasteiger partial charge in [0.25, 0.3) is 0 Å². The molecule has 0 aliphatic carbocycles. The lowest BCUT2D eigenvalue weighted by Gasteiger charge is -2.32. The Kier molecular flexibility index (Phi) is 3.92. The van der Waals surface area contributed by atoms with Crippen LogP contribution in [0.25, 0.3) is 0 Å². The van der Waals surface area contributed by atoms with Crippen LogP contribution in [-0.4, -0.2) is 28.4 Å². The average Bonchev–Trinajstić information content (AvgIpc) is 2.60. The first kappa shape index (κ1) is 15.3. The van der Waals surface area contributed by atoms with Crippen LogP contribution in [-0.2, 0) is 6.42 Å². The number of rotatable bonds is 4. The molecule has 6 nitrogen and oxygen atoms in total. The van der Waals surface area contributed by atoms with Gasteiger partial charge in [0.05, 0.1) is 39.8 Å². The first-order valence-corrected chi connectivity index (χ1v) is 7.17. The highest BCUT2D eigenvalue weighted by atomic mass is 16.5. The van der Waals surface area contributed by atoms with Gasteiger partial charge in [-0.3, -0.25) is 5.01 Å². The molecule has 1 aliphatic rings. The summed E-state index contributed by atoms with van der Waals surface area (Å²) in [6.45, 7) is 0. The van der Waals surface area contributed by atoms with Crippen molar-refractivity contribution < 1.29 is 18.9 Å². The molecule has 0 spiro atoms. The topological polar surface area (TPSA) is 66.2 Å². The van der Waals surface area contributed by atoms with Gasteiger partial charge >= 0.3 is 0 Å². The van der Waals surface area contributed by atoms with E-state index in [0.29, 0.717) is 17.9 Å². The molecule has 1 heterocycles. The fourth-order valence-corrected chi connectivity index (χ4v) is 2.90. The molecule has 23 heavy (non-hydrogen) atoms. The molecule has 0 radical (unpaired) electrons. The highest BCUT2D eigenvalue weighted by Gasteiger charge is 2.28. The van der Waals surface area contributed by atoms with E-state index in [1.54, 1.807) is 33.4 Å². The fraction of sp³-hybridized carbons (Fsp3) is 0.294. The summed E-state index contributed by atoms with van der Waals surface area (Å²) in [5.74, 6) is 9.21. The molecule has 0 amide bonds. The first-order valence-electron chi connectivity index (χ1n) is 7.17. The SMILES string of the molecule is COc1cc(OC)c2c(c1)N(N)c1cc(OC)cc(OC)c1C2. The Morgan fingerprint density at radius 3 is 1.52 bits per heavy atom. The normalized spacial score (nSPS) is 12.3. The summed E-state index contributed by atoms with van der Waals surface area (Å²) in [6, 6.07) is 7.50. The van der Waals surface area contributed by atoms with Gasteiger partial charge in [0.2, 0.25) is 0 Å². The molecular formula is C17H20N2O4. The number of fused-ring (bicyclic) bond motifs is 2. The minimum atomic E-state index is 0.651. The zero-order chi connectivity index (χ0) is 16.6. The van der Waals surface area contributed by atoms with E-state index >= 15 is 0 Å². The molecule has 0 fully saturated rings. The lowest BCUT2D eigenvalue weighted by atomic mass is 9.94. The number of hydrogen-bond donors (Lipinski definition) is 1. The van der Waals surface area contributed by atoms with Crippen LogP contribution in [0.15, 0.2) is 24.3 Å². The van der Waals surface area contributed by atoms with E-state index < -0.39 is 0 Å². The maximum atomic E-state index is 6.36. The molecule has 2 N–H and O–H groups in total. The summed E-state index contributed by atoms with van der Waals surface area (Å²) >= 11 is 0. The van der Waals surface area contributed by atoms with E-state index in [4.69, 9.17) is 24.8 Å². The lowest BCUT2D eigenvalue weighted by Crippen LogP contribution is -2.30. The molecule has 0 saturated heterocycles. The van der Waals surface area contributed by atoms with Gasteiger partial charge in [-0.2, -0.15) is 0 Å².